The highest BCUT2D eigenvalue weighted by Crippen LogP contribution is 2.50. The van der Waals surface area contributed by atoms with E-state index in [1.54, 1.807) is 26.0 Å². The van der Waals surface area contributed by atoms with Crippen molar-refractivity contribution in [2.75, 3.05) is 13.7 Å². The molecule has 2 aliphatic heterocycles. The molecule has 2 heterocycles. The number of nitrogens with zero attached hydrogens (tertiary/aromatic N) is 1. The number of fused-ring (bicyclic) bond motifs is 1. The lowest BCUT2D eigenvalue weighted by Gasteiger charge is -2.31. The SMILES string of the molecule is CCN1C(=O)[C@@H]2[C@H](c3ccc(O)cc3)N[C@@](CC)(C(=O)OC)[C@H]2C1=O. The minimum atomic E-state index is -1.24. The number of imide groups is 1. The van der Waals surface area contributed by atoms with Crippen molar-refractivity contribution >= 4 is 17.8 Å². The van der Waals surface area contributed by atoms with Crippen molar-refractivity contribution in [3.05, 3.63) is 29.8 Å². The summed E-state index contributed by atoms with van der Waals surface area (Å²) in [4.78, 5) is 39.5. The summed E-state index contributed by atoms with van der Waals surface area (Å²) in [5.74, 6) is -2.50. The van der Waals surface area contributed by atoms with Crippen LogP contribution in [0.4, 0.5) is 0 Å². The quantitative estimate of drug-likeness (QED) is 0.623. The third-order valence-electron chi connectivity index (χ3n) is 5.42. The fourth-order valence-corrected chi connectivity index (χ4v) is 4.18. The van der Waals surface area contributed by atoms with Crippen molar-refractivity contribution in [1.82, 2.24) is 10.2 Å². The number of phenols is 1. The third kappa shape index (κ3) is 2.33. The molecule has 4 atom stereocenters. The van der Waals surface area contributed by atoms with E-state index < -0.39 is 29.4 Å². The van der Waals surface area contributed by atoms with Gasteiger partial charge in [0.2, 0.25) is 11.8 Å². The first-order valence-corrected chi connectivity index (χ1v) is 8.41. The molecule has 25 heavy (non-hydrogen) atoms. The predicted molar refractivity (Wildman–Crippen MR) is 88.4 cm³/mol. The Kier molecular flexibility index (Phi) is 4.28. The second kappa shape index (κ2) is 6.15. The molecule has 2 fully saturated rings. The van der Waals surface area contributed by atoms with Gasteiger partial charge in [0.25, 0.3) is 0 Å². The van der Waals surface area contributed by atoms with Gasteiger partial charge in [0.05, 0.1) is 18.9 Å². The van der Waals surface area contributed by atoms with Crippen LogP contribution in [0.1, 0.15) is 31.9 Å². The molecule has 0 saturated carbocycles. The fraction of sp³-hybridized carbons (Fsp3) is 0.500. The van der Waals surface area contributed by atoms with Crippen LogP contribution in [0.3, 0.4) is 0 Å². The molecule has 0 unspecified atom stereocenters. The lowest BCUT2D eigenvalue weighted by Crippen LogP contribution is -2.55. The zero-order valence-corrected chi connectivity index (χ0v) is 14.5. The van der Waals surface area contributed by atoms with Gasteiger partial charge in [-0.05, 0) is 31.0 Å². The second-order valence-corrected chi connectivity index (χ2v) is 6.45. The van der Waals surface area contributed by atoms with Crippen LogP contribution in [-0.2, 0) is 19.1 Å². The van der Waals surface area contributed by atoms with Crippen LogP contribution in [0.15, 0.2) is 24.3 Å². The van der Waals surface area contributed by atoms with Gasteiger partial charge >= 0.3 is 5.97 Å². The highest BCUT2D eigenvalue weighted by Gasteiger charge is 2.67. The van der Waals surface area contributed by atoms with Crippen molar-refractivity contribution in [3.8, 4) is 5.75 Å². The number of nitrogens with one attached hydrogen (secondary N) is 1. The molecule has 3 rings (SSSR count). The van der Waals surface area contributed by atoms with Crippen molar-refractivity contribution in [1.29, 1.82) is 0 Å². The van der Waals surface area contributed by atoms with E-state index in [-0.39, 0.29) is 24.1 Å². The molecule has 134 valence electrons. The van der Waals surface area contributed by atoms with E-state index in [9.17, 15) is 19.5 Å². The Balaban J connectivity index is 2.13. The summed E-state index contributed by atoms with van der Waals surface area (Å²) < 4.78 is 4.97. The smallest absolute Gasteiger partial charge is 0.326 e. The highest BCUT2D eigenvalue weighted by atomic mass is 16.5. The number of benzene rings is 1. The van der Waals surface area contributed by atoms with Gasteiger partial charge in [-0.3, -0.25) is 24.6 Å². The Morgan fingerprint density at radius 2 is 1.88 bits per heavy atom. The number of likely N-dealkylation sites (tertiary alicyclic amines) is 1. The molecule has 2 N–H and O–H groups in total. The standard InChI is InChI=1S/C18H22N2O5/c1-4-18(17(24)25-3)13-12(15(22)20(5-2)16(13)23)14(19-18)10-6-8-11(21)9-7-10/h6-9,12-14,19,21H,4-5H2,1-3H3/t12-,13+,14-,18+/m0/s1. The largest absolute Gasteiger partial charge is 0.508 e. The van der Waals surface area contributed by atoms with E-state index in [0.29, 0.717) is 6.42 Å². The first-order chi connectivity index (χ1) is 11.9. The molecule has 7 nitrogen and oxygen atoms in total. The van der Waals surface area contributed by atoms with E-state index in [2.05, 4.69) is 5.32 Å². The topological polar surface area (TPSA) is 95.9 Å². The zero-order valence-electron chi connectivity index (χ0n) is 14.5. The monoisotopic (exact) mass is 346 g/mol. The maximum atomic E-state index is 12.9. The number of aromatic hydroxyl groups is 1. The number of esters is 1. The average molecular weight is 346 g/mol. The van der Waals surface area contributed by atoms with Gasteiger partial charge in [0, 0.05) is 12.6 Å². The predicted octanol–water partition coefficient (Wildman–Crippen LogP) is 0.979. The number of phenolic OH excluding ortho intramolecular Hbond substituents is 1. The van der Waals surface area contributed by atoms with Gasteiger partial charge in [-0.2, -0.15) is 0 Å². The van der Waals surface area contributed by atoms with Crippen molar-refractivity contribution in [2.24, 2.45) is 11.8 Å². The molecule has 0 aromatic heterocycles. The summed E-state index contributed by atoms with van der Waals surface area (Å²) in [5.41, 5.74) is -0.496. The molecule has 0 bridgehead atoms. The number of hydrogen-bond donors (Lipinski definition) is 2. The second-order valence-electron chi connectivity index (χ2n) is 6.45. The van der Waals surface area contributed by atoms with Crippen LogP contribution >= 0.6 is 0 Å². The van der Waals surface area contributed by atoms with E-state index in [1.807, 2.05) is 0 Å². The molecular formula is C18H22N2O5. The molecule has 0 spiro atoms. The summed E-state index contributed by atoms with van der Waals surface area (Å²) in [6.45, 7) is 3.81. The van der Waals surface area contributed by atoms with Crippen LogP contribution in [-0.4, -0.2) is 47.0 Å². The maximum absolute atomic E-state index is 12.9. The van der Waals surface area contributed by atoms with E-state index >= 15 is 0 Å². The van der Waals surface area contributed by atoms with Gasteiger partial charge in [-0.1, -0.05) is 19.1 Å². The van der Waals surface area contributed by atoms with Crippen LogP contribution in [0.25, 0.3) is 0 Å². The van der Waals surface area contributed by atoms with Crippen molar-refractivity contribution in [2.45, 2.75) is 31.8 Å². The van der Waals surface area contributed by atoms with E-state index in [4.69, 9.17) is 4.74 Å². The number of methoxy groups -OCH3 is 1. The Morgan fingerprint density at radius 3 is 2.40 bits per heavy atom. The van der Waals surface area contributed by atoms with E-state index in [1.165, 1.54) is 24.1 Å². The molecule has 1 aromatic carbocycles. The number of hydrogen-bond acceptors (Lipinski definition) is 6. The van der Waals surface area contributed by atoms with E-state index in [0.717, 1.165) is 5.56 Å². The highest BCUT2D eigenvalue weighted by molar-refractivity contribution is 6.09. The summed E-state index contributed by atoms with van der Waals surface area (Å²) >= 11 is 0. The molecule has 1 aromatic rings. The number of carbonyl (C=O) groups excluding carboxylic acids is 3. The van der Waals surface area contributed by atoms with Crippen molar-refractivity contribution < 1.29 is 24.2 Å². The summed E-state index contributed by atoms with van der Waals surface area (Å²) in [5, 5.41) is 12.7. The fourth-order valence-electron chi connectivity index (χ4n) is 4.18. The summed E-state index contributed by atoms with van der Waals surface area (Å²) in [6, 6.07) is 5.93. The van der Waals surface area contributed by atoms with Crippen LogP contribution in [0, 0.1) is 11.8 Å². The molecule has 2 amide bonds. The number of ether oxygens (including phenoxy) is 1. The molecule has 2 saturated heterocycles. The Morgan fingerprint density at radius 1 is 1.24 bits per heavy atom. The minimum absolute atomic E-state index is 0.108. The Bertz CT molecular complexity index is 717. The lowest BCUT2D eigenvalue weighted by atomic mass is 9.78. The van der Waals surface area contributed by atoms with Crippen LogP contribution < -0.4 is 5.32 Å². The normalized spacial score (nSPS) is 31.3. The number of carbonyl (C=O) groups is 3. The summed E-state index contributed by atoms with van der Waals surface area (Å²) in [6.07, 6.45) is 0.325. The zero-order chi connectivity index (χ0) is 18.4. The minimum Gasteiger partial charge on any atom is -0.508 e. The van der Waals surface area contributed by atoms with Gasteiger partial charge < -0.3 is 9.84 Å². The molecule has 0 radical (unpaired) electrons. The van der Waals surface area contributed by atoms with Crippen molar-refractivity contribution in [3.63, 3.8) is 0 Å². The Hall–Kier alpha value is -2.41. The average Bonchev–Trinajstić information content (AvgIpc) is 3.10. The number of amides is 2. The van der Waals surface area contributed by atoms with Crippen LogP contribution in [0.2, 0.25) is 0 Å². The summed E-state index contributed by atoms with van der Waals surface area (Å²) in [7, 11) is 1.28. The van der Waals surface area contributed by atoms with Crippen LogP contribution in [0.5, 0.6) is 5.75 Å². The third-order valence-corrected chi connectivity index (χ3v) is 5.42. The first-order valence-electron chi connectivity index (χ1n) is 8.41. The van der Waals surface area contributed by atoms with Gasteiger partial charge in [0.1, 0.15) is 11.3 Å². The van der Waals surface area contributed by atoms with Gasteiger partial charge in [0.15, 0.2) is 0 Å². The Labute approximate surface area is 146 Å². The lowest BCUT2D eigenvalue weighted by molar-refractivity contribution is -0.154. The molecule has 7 heteroatoms. The van der Waals surface area contributed by atoms with Gasteiger partial charge in [-0.15, -0.1) is 0 Å². The number of rotatable bonds is 4. The van der Waals surface area contributed by atoms with Gasteiger partial charge in [-0.25, -0.2) is 0 Å². The first kappa shape index (κ1) is 17.4. The molecule has 2 aliphatic rings. The molecule has 0 aliphatic carbocycles. The maximum Gasteiger partial charge on any atom is 0.326 e. The molecular weight excluding hydrogens is 324 g/mol.